The van der Waals surface area contributed by atoms with E-state index in [-0.39, 0.29) is 19.6 Å². The first-order valence-electron chi connectivity index (χ1n) is 9.66. The van der Waals surface area contributed by atoms with E-state index in [2.05, 4.69) is 34.8 Å². The Morgan fingerprint density at radius 1 is 1.29 bits per heavy atom. The topological polar surface area (TPSA) is 112 Å². The number of aromatic nitrogens is 2. The summed E-state index contributed by atoms with van der Waals surface area (Å²) in [5.74, 6) is -0.507. The van der Waals surface area contributed by atoms with Crippen LogP contribution in [-0.2, 0) is 31.9 Å². The van der Waals surface area contributed by atoms with Crippen LogP contribution in [0.25, 0.3) is 0 Å². The fourth-order valence-electron chi connectivity index (χ4n) is 2.34. The summed E-state index contributed by atoms with van der Waals surface area (Å²) in [5.41, 5.74) is -3.37. The molecule has 0 amide bonds. The summed E-state index contributed by atoms with van der Waals surface area (Å²) in [6, 6.07) is -0.161. The summed E-state index contributed by atoms with van der Waals surface area (Å²) < 4.78 is 56.2. The van der Waals surface area contributed by atoms with Gasteiger partial charge in [-0.1, -0.05) is 19.6 Å². The Morgan fingerprint density at radius 3 is 2.52 bits per heavy atom. The van der Waals surface area contributed by atoms with Crippen LogP contribution < -0.4 is 10.9 Å². The molecule has 1 aromatic rings. The summed E-state index contributed by atoms with van der Waals surface area (Å²) in [4.78, 5) is 23.4. The highest BCUT2D eigenvalue weighted by Crippen LogP contribution is 2.32. The number of nitrogens with zero attached hydrogens (tertiary/aromatic N) is 2. The Kier molecular flexibility index (Phi) is 10.6. The highest BCUT2D eigenvalue weighted by Gasteiger charge is 2.38. The van der Waals surface area contributed by atoms with Crippen LogP contribution in [0.3, 0.4) is 0 Å². The maximum atomic E-state index is 13.6. The maximum absolute atomic E-state index is 13.6. The fourth-order valence-corrected chi connectivity index (χ4v) is 3.09. The molecular formula is C18H30F3N3O6Si. The van der Waals surface area contributed by atoms with E-state index in [0.717, 1.165) is 12.2 Å². The minimum atomic E-state index is -4.95. The lowest BCUT2D eigenvalue weighted by molar-refractivity contribution is -0.142. The molecule has 0 aliphatic heterocycles. The Labute approximate surface area is 179 Å². The van der Waals surface area contributed by atoms with Gasteiger partial charge in [0, 0.05) is 14.7 Å². The van der Waals surface area contributed by atoms with Gasteiger partial charge in [-0.05, 0) is 6.04 Å². The molecule has 13 heteroatoms. The van der Waals surface area contributed by atoms with Gasteiger partial charge >= 0.3 is 12.1 Å². The molecule has 1 heterocycles. The predicted octanol–water partition coefficient (Wildman–Crippen LogP) is 1.93. The van der Waals surface area contributed by atoms with E-state index in [1.54, 1.807) is 0 Å². The van der Waals surface area contributed by atoms with Crippen LogP contribution in [0, 0.1) is 0 Å². The van der Waals surface area contributed by atoms with Crippen molar-refractivity contribution in [1.82, 2.24) is 9.78 Å². The molecule has 9 nitrogen and oxygen atoms in total. The van der Waals surface area contributed by atoms with E-state index in [4.69, 9.17) is 9.47 Å². The number of methoxy groups -OCH3 is 1. The van der Waals surface area contributed by atoms with Gasteiger partial charge in [-0.3, -0.25) is 9.59 Å². The second-order valence-electron chi connectivity index (χ2n) is 8.01. The predicted molar refractivity (Wildman–Crippen MR) is 110 cm³/mol. The quantitative estimate of drug-likeness (QED) is 0.256. The zero-order valence-corrected chi connectivity index (χ0v) is 19.1. The van der Waals surface area contributed by atoms with Crippen molar-refractivity contribution in [2.45, 2.75) is 51.1 Å². The van der Waals surface area contributed by atoms with Gasteiger partial charge in [0.1, 0.15) is 12.3 Å². The minimum absolute atomic E-state index is 0.0361. The van der Waals surface area contributed by atoms with E-state index >= 15 is 0 Å². The van der Waals surface area contributed by atoms with Crippen molar-refractivity contribution < 1.29 is 37.3 Å². The monoisotopic (exact) mass is 469 g/mol. The summed E-state index contributed by atoms with van der Waals surface area (Å²) in [6.07, 6.45) is -4.13. The van der Waals surface area contributed by atoms with Crippen LogP contribution >= 0.6 is 0 Å². The molecule has 0 spiro atoms. The molecule has 1 atom stereocenters. The molecule has 0 aliphatic carbocycles. The third kappa shape index (κ3) is 9.80. The summed E-state index contributed by atoms with van der Waals surface area (Å²) >= 11 is 0. The summed E-state index contributed by atoms with van der Waals surface area (Å²) in [7, 11) is -0.174. The van der Waals surface area contributed by atoms with Crippen LogP contribution in [-0.4, -0.2) is 68.5 Å². The van der Waals surface area contributed by atoms with Crippen LogP contribution in [0.15, 0.2) is 11.0 Å². The second-order valence-corrected chi connectivity index (χ2v) is 13.6. The van der Waals surface area contributed by atoms with Gasteiger partial charge in [0.2, 0.25) is 0 Å². The van der Waals surface area contributed by atoms with Gasteiger partial charge in [-0.25, -0.2) is 4.68 Å². The van der Waals surface area contributed by atoms with Crippen LogP contribution in [0.2, 0.25) is 25.7 Å². The van der Waals surface area contributed by atoms with Crippen molar-refractivity contribution in [2.75, 3.05) is 38.9 Å². The average molecular weight is 470 g/mol. The third-order valence-corrected chi connectivity index (χ3v) is 5.82. The number of hydrogen-bond acceptors (Lipinski definition) is 8. The lowest BCUT2D eigenvalue weighted by Crippen LogP contribution is -2.36. The van der Waals surface area contributed by atoms with Crippen molar-refractivity contribution in [2.24, 2.45) is 0 Å². The fraction of sp³-hybridized carbons (Fsp3) is 0.722. The van der Waals surface area contributed by atoms with Crippen molar-refractivity contribution in [3.63, 3.8) is 0 Å². The number of halogens is 3. The van der Waals surface area contributed by atoms with Crippen LogP contribution in [0.5, 0.6) is 0 Å². The molecule has 0 bridgehead atoms. The molecule has 0 saturated heterocycles. The SMILES string of the molecule is COC(=O)CCOC[C@H](CO)Nc1cnn(COCC[Si](C)(C)C)c(=O)c1C(F)(F)F. The van der Waals surface area contributed by atoms with Crippen molar-refractivity contribution in [3.8, 4) is 0 Å². The van der Waals surface area contributed by atoms with Gasteiger partial charge in [0.05, 0.1) is 51.3 Å². The first-order valence-corrected chi connectivity index (χ1v) is 13.4. The van der Waals surface area contributed by atoms with Crippen molar-refractivity contribution in [3.05, 3.63) is 22.1 Å². The molecule has 0 radical (unpaired) electrons. The molecule has 0 saturated carbocycles. The van der Waals surface area contributed by atoms with Gasteiger partial charge < -0.3 is 24.6 Å². The number of ether oxygens (including phenoxy) is 3. The average Bonchev–Trinajstić information content (AvgIpc) is 2.66. The number of carbonyl (C=O) groups excluding carboxylic acids is 1. The molecule has 2 N–H and O–H groups in total. The number of anilines is 1. The molecule has 1 rings (SSSR count). The molecule has 178 valence electrons. The van der Waals surface area contributed by atoms with Crippen LogP contribution in [0.1, 0.15) is 12.0 Å². The Morgan fingerprint density at radius 2 is 1.97 bits per heavy atom. The van der Waals surface area contributed by atoms with E-state index in [9.17, 15) is 27.9 Å². The molecule has 0 fully saturated rings. The number of alkyl halides is 3. The lowest BCUT2D eigenvalue weighted by atomic mass is 10.2. The molecule has 0 aromatic carbocycles. The zero-order chi connectivity index (χ0) is 23.7. The number of esters is 1. The van der Waals surface area contributed by atoms with Crippen molar-refractivity contribution >= 4 is 19.7 Å². The number of nitrogens with one attached hydrogen (secondary N) is 1. The normalized spacial score (nSPS) is 13.2. The standard InChI is InChI=1S/C18H30F3N3O6Si/c1-28-15(26)5-6-29-11-13(10-25)23-14-9-22-24(12-30-7-8-31(2,3)4)17(27)16(14)18(19,20)21/h9,13,23,25H,5-8,10-12H2,1-4H3/t13-/m0/s1. The van der Waals surface area contributed by atoms with Crippen LogP contribution in [0.4, 0.5) is 18.9 Å². The molecular weight excluding hydrogens is 439 g/mol. The highest BCUT2D eigenvalue weighted by molar-refractivity contribution is 6.76. The van der Waals surface area contributed by atoms with Gasteiger partial charge in [-0.2, -0.15) is 18.3 Å². The molecule has 0 unspecified atom stereocenters. The Balaban J connectivity index is 2.88. The molecule has 1 aromatic heterocycles. The van der Waals surface area contributed by atoms with E-state index < -0.39 is 56.4 Å². The largest absolute Gasteiger partial charge is 0.469 e. The van der Waals surface area contributed by atoms with Gasteiger partial charge in [0.15, 0.2) is 0 Å². The number of rotatable bonds is 13. The number of aliphatic hydroxyl groups excluding tert-OH is 1. The molecule has 31 heavy (non-hydrogen) atoms. The van der Waals surface area contributed by atoms with Gasteiger partial charge in [-0.15, -0.1) is 0 Å². The maximum Gasteiger partial charge on any atom is 0.423 e. The van der Waals surface area contributed by atoms with E-state index in [1.807, 2.05) is 0 Å². The first kappa shape index (κ1) is 27.1. The number of carbonyl (C=O) groups is 1. The Bertz CT molecular complexity index is 767. The smallest absolute Gasteiger partial charge is 0.423 e. The summed E-state index contributed by atoms with van der Waals surface area (Å²) in [5, 5.41) is 15.6. The van der Waals surface area contributed by atoms with Gasteiger partial charge in [0.25, 0.3) is 5.56 Å². The second kappa shape index (κ2) is 12.2. The third-order valence-electron chi connectivity index (χ3n) is 4.11. The zero-order valence-electron chi connectivity index (χ0n) is 18.1. The first-order chi connectivity index (χ1) is 14.4. The van der Waals surface area contributed by atoms with Crippen molar-refractivity contribution in [1.29, 1.82) is 0 Å². The number of hydrogen-bond donors (Lipinski definition) is 2. The summed E-state index contributed by atoms with van der Waals surface area (Å²) in [6.45, 7) is 5.49. The minimum Gasteiger partial charge on any atom is -0.469 e. The Hall–Kier alpha value is -1.96. The molecule has 0 aliphatic rings. The lowest BCUT2D eigenvalue weighted by Gasteiger charge is -2.21. The number of aliphatic hydroxyl groups is 1. The highest BCUT2D eigenvalue weighted by atomic mass is 28.3. The van der Waals surface area contributed by atoms with E-state index in [1.165, 1.54) is 7.11 Å². The van der Waals surface area contributed by atoms with E-state index in [0.29, 0.717) is 11.3 Å².